The maximum atomic E-state index is 8.66. The fourth-order valence-corrected chi connectivity index (χ4v) is 1.25. The lowest BCUT2D eigenvalue weighted by atomic mass is 10.2. The summed E-state index contributed by atoms with van der Waals surface area (Å²) in [5.41, 5.74) is -0.284. The van der Waals surface area contributed by atoms with Crippen molar-refractivity contribution >= 4 is 0 Å². The van der Waals surface area contributed by atoms with Crippen molar-refractivity contribution in [3.05, 3.63) is 0 Å². The van der Waals surface area contributed by atoms with Crippen LogP contribution in [0.1, 0.15) is 20.3 Å². The van der Waals surface area contributed by atoms with E-state index in [0.29, 0.717) is 6.42 Å². The summed E-state index contributed by atoms with van der Waals surface area (Å²) < 4.78 is 5.52. The topological polar surface area (TPSA) is 41.5 Å². The van der Waals surface area contributed by atoms with Crippen LogP contribution in [0.2, 0.25) is 0 Å². The highest BCUT2D eigenvalue weighted by Gasteiger charge is 2.32. The van der Waals surface area contributed by atoms with Crippen LogP contribution in [0.4, 0.5) is 0 Å². The van der Waals surface area contributed by atoms with Crippen molar-refractivity contribution in [3.63, 3.8) is 0 Å². The molecule has 1 aliphatic rings. The van der Waals surface area contributed by atoms with Crippen molar-refractivity contribution in [2.45, 2.75) is 32.1 Å². The first kappa shape index (κ1) is 7.98. The van der Waals surface area contributed by atoms with Gasteiger partial charge in [-0.3, -0.25) is 5.32 Å². The van der Waals surface area contributed by atoms with Gasteiger partial charge in [-0.2, -0.15) is 0 Å². The monoisotopic (exact) mass is 145 g/mol. The Labute approximate surface area is 61.4 Å². The molecule has 2 N–H and O–H groups in total. The van der Waals surface area contributed by atoms with Crippen LogP contribution in [-0.2, 0) is 4.74 Å². The summed E-state index contributed by atoms with van der Waals surface area (Å²) in [5, 5.41) is 11.9. The summed E-state index contributed by atoms with van der Waals surface area (Å²) in [7, 11) is 0. The Morgan fingerprint density at radius 1 is 1.80 bits per heavy atom. The average Bonchev–Trinajstić information content (AvgIpc) is 2.12. The molecule has 0 saturated carbocycles. The minimum absolute atomic E-state index is 0.177. The Balaban J connectivity index is 2.38. The molecule has 0 bridgehead atoms. The Bertz CT molecular complexity index is 114. The summed E-state index contributed by atoms with van der Waals surface area (Å²) in [6.07, 6.45) is 0.939. The van der Waals surface area contributed by atoms with E-state index >= 15 is 0 Å². The fourth-order valence-electron chi connectivity index (χ4n) is 1.25. The van der Waals surface area contributed by atoms with E-state index in [0.717, 1.165) is 6.54 Å². The Morgan fingerprint density at radius 3 is 2.90 bits per heavy atom. The van der Waals surface area contributed by atoms with Crippen molar-refractivity contribution in [2.75, 3.05) is 13.2 Å². The molecule has 2 atom stereocenters. The largest absolute Gasteiger partial charge is 0.396 e. The van der Waals surface area contributed by atoms with E-state index in [9.17, 15) is 0 Å². The van der Waals surface area contributed by atoms with E-state index < -0.39 is 0 Å². The highest BCUT2D eigenvalue weighted by atomic mass is 16.5. The van der Waals surface area contributed by atoms with Gasteiger partial charge < -0.3 is 9.84 Å². The molecule has 0 amide bonds. The summed E-state index contributed by atoms with van der Waals surface area (Å²) >= 11 is 0. The molecule has 10 heavy (non-hydrogen) atoms. The van der Waals surface area contributed by atoms with Crippen LogP contribution in [-0.4, -0.2) is 30.1 Å². The van der Waals surface area contributed by atoms with E-state index in [1.165, 1.54) is 0 Å². The van der Waals surface area contributed by atoms with Gasteiger partial charge in [-0.25, -0.2) is 0 Å². The van der Waals surface area contributed by atoms with Crippen LogP contribution in [0.15, 0.2) is 0 Å². The number of nitrogens with one attached hydrogen (secondary N) is 1. The van der Waals surface area contributed by atoms with Gasteiger partial charge in [0.15, 0.2) is 0 Å². The third-order valence-electron chi connectivity index (χ3n) is 1.81. The third kappa shape index (κ3) is 1.68. The van der Waals surface area contributed by atoms with Gasteiger partial charge in [0, 0.05) is 19.6 Å². The normalized spacial score (nSPS) is 40.5. The number of rotatable bonds is 2. The minimum atomic E-state index is -0.284. The first-order valence-electron chi connectivity index (χ1n) is 3.70. The number of aliphatic hydroxyl groups excluding tert-OH is 1. The molecular weight excluding hydrogens is 130 g/mol. The molecule has 1 heterocycles. The smallest absolute Gasteiger partial charge is 0.119 e. The molecule has 1 fully saturated rings. The summed E-state index contributed by atoms with van der Waals surface area (Å²) in [4.78, 5) is 0. The highest BCUT2D eigenvalue weighted by molar-refractivity contribution is 4.81. The molecule has 1 rings (SSSR count). The first-order chi connectivity index (χ1) is 4.66. The van der Waals surface area contributed by atoms with Crippen LogP contribution in [0.25, 0.3) is 0 Å². The predicted molar refractivity (Wildman–Crippen MR) is 38.7 cm³/mol. The van der Waals surface area contributed by atoms with Gasteiger partial charge in [-0.15, -0.1) is 0 Å². The second-order valence-corrected chi connectivity index (χ2v) is 3.01. The molecule has 0 aromatic rings. The van der Waals surface area contributed by atoms with E-state index in [-0.39, 0.29) is 18.4 Å². The van der Waals surface area contributed by atoms with Crippen molar-refractivity contribution in [2.24, 2.45) is 0 Å². The number of hydrogen-bond donors (Lipinski definition) is 2. The van der Waals surface area contributed by atoms with Gasteiger partial charge in [0.2, 0.25) is 0 Å². The standard InChI is InChI=1S/C7H15NO2/c1-6-5-8-7(2,10-6)3-4-9/h6,8-9H,3-5H2,1-2H3. The number of aliphatic hydroxyl groups is 1. The number of ether oxygens (including phenoxy) is 1. The SMILES string of the molecule is CC1CNC(C)(CCO)O1. The molecule has 1 aliphatic heterocycles. The quantitative estimate of drug-likeness (QED) is 0.578. The second-order valence-electron chi connectivity index (χ2n) is 3.01. The predicted octanol–water partition coefficient (Wildman–Crippen LogP) is 0.0933. The molecule has 3 nitrogen and oxygen atoms in total. The molecule has 0 aromatic heterocycles. The average molecular weight is 145 g/mol. The van der Waals surface area contributed by atoms with Crippen molar-refractivity contribution in [1.29, 1.82) is 0 Å². The summed E-state index contributed by atoms with van der Waals surface area (Å²) in [6, 6.07) is 0. The van der Waals surface area contributed by atoms with Gasteiger partial charge >= 0.3 is 0 Å². The molecule has 2 unspecified atom stereocenters. The van der Waals surface area contributed by atoms with Crippen LogP contribution in [0.5, 0.6) is 0 Å². The van der Waals surface area contributed by atoms with Gasteiger partial charge in [0.05, 0.1) is 6.10 Å². The summed E-state index contributed by atoms with van der Waals surface area (Å²) in [6.45, 7) is 5.05. The molecule has 0 aromatic carbocycles. The zero-order chi connectivity index (χ0) is 7.61. The van der Waals surface area contributed by atoms with Crippen molar-refractivity contribution < 1.29 is 9.84 Å². The van der Waals surface area contributed by atoms with Crippen molar-refractivity contribution in [1.82, 2.24) is 5.32 Å². The maximum Gasteiger partial charge on any atom is 0.119 e. The lowest BCUT2D eigenvalue weighted by Gasteiger charge is -2.22. The van der Waals surface area contributed by atoms with Gasteiger partial charge in [-0.1, -0.05) is 0 Å². The van der Waals surface area contributed by atoms with Gasteiger partial charge in [0.1, 0.15) is 5.72 Å². The highest BCUT2D eigenvalue weighted by Crippen LogP contribution is 2.19. The lowest BCUT2D eigenvalue weighted by Crippen LogP contribution is -2.38. The van der Waals surface area contributed by atoms with Crippen LogP contribution >= 0.6 is 0 Å². The molecule has 0 spiro atoms. The molecule has 0 aliphatic carbocycles. The van der Waals surface area contributed by atoms with E-state index in [4.69, 9.17) is 9.84 Å². The third-order valence-corrected chi connectivity index (χ3v) is 1.81. The van der Waals surface area contributed by atoms with Crippen LogP contribution in [0, 0.1) is 0 Å². The van der Waals surface area contributed by atoms with Crippen LogP contribution in [0.3, 0.4) is 0 Å². The Morgan fingerprint density at radius 2 is 2.50 bits per heavy atom. The minimum Gasteiger partial charge on any atom is -0.396 e. The maximum absolute atomic E-state index is 8.66. The zero-order valence-electron chi connectivity index (χ0n) is 6.55. The molecule has 3 heteroatoms. The molecular formula is C7H15NO2. The lowest BCUT2D eigenvalue weighted by molar-refractivity contribution is -0.0440. The Hall–Kier alpha value is -0.120. The zero-order valence-corrected chi connectivity index (χ0v) is 6.55. The molecule has 60 valence electrons. The van der Waals surface area contributed by atoms with E-state index in [1.54, 1.807) is 0 Å². The second kappa shape index (κ2) is 2.86. The molecule has 1 saturated heterocycles. The number of hydrogen-bond acceptors (Lipinski definition) is 3. The van der Waals surface area contributed by atoms with Crippen LogP contribution < -0.4 is 5.32 Å². The summed E-state index contributed by atoms with van der Waals surface area (Å²) in [5.74, 6) is 0. The van der Waals surface area contributed by atoms with E-state index in [1.807, 2.05) is 13.8 Å². The first-order valence-corrected chi connectivity index (χ1v) is 3.70. The van der Waals surface area contributed by atoms with Gasteiger partial charge in [0.25, 0.3) is 0 Å². The van der Waals surface area contributed by atoms with E-state index in [2.05, 4.69) is 5.32 Å². The van der Waals surface area contributed by atoms with Gasteiger partial charge in [-0.05, 0) is 13.8 Å². The van der Waals surface area contributed by atoms with Crippen molar-refractivity contribution in [3.8, 4) is 0 Å². The Kier molecular flexibility index (Phi) is 2.28. The molecule has 0 radical (unpaired) electrons. The fraction of sp³-hybridized carbons (Fsp3) is 1.00.